The third kappa shape index (κ3) is 3.25. The Kier molecular flexibility index (Phi) is 5.03. The van der Waals surface area contributed by atoms with Gasteiger partial charge in [-0.15, -0.1) is 0 Å². The molecule has 0 spiro atoms. The van der Waals surface area contributed by atoms with Gasteiger partial charge in [-0.25, -0.2) is 0 Å². The van der Waals surface area contributed by atoms with Crippen LogP contribution in [0.5, 0.6) is 0 Å². The van der Waals surface area contributed by atoms with Crippen molar-refractivity contribution in [2.45, 2.75) is 57.7 Å². The molecule has 2 heterocycles. The van der Waals surface area contributed by atoms with Crippen LogP contribution >= 0.6 is 11.6 Å². The third-order valence-corrected chi connectivity index (χ3v) is 3.70. The first-order valence-electron chi connectivity index (χ1n) is 6.80. The van der Waals surface area contributed by atoms with E-state index in [-0.39, 0.29) is 12.1 Å². The lowest BCUT2D eigenvalue weighted by Gasteiger charge is -2.25. The molecular weight excluding hydrogens is 250 g/mol. The van der Waals surface area contributed by atoms with Crippen LogP contribution < -0.4 is 5.73 Å². The second kappa shape index (κ2) is 6.55. The summed E-state index contributed by atoms with van der Waals surface area (Å²) in [6, 6.07) is -0.0883. The molecule has 2 atom stereocenters. The molecule has 0 aliphatic carbocycles. The fraction of sp³-hybridized carbons (Fsp3) is 0.769. The largest absolute Gasteiger partial charge is 0.378 e. The predicted molar refractivity (Wildman–Crippen MR) is 72.7 cm³/mol. The lowest BCUT2D eigenvalue weighted by atomic mass is 10.0. The first-order chi connectivity index (χ1) is 8.72. The van der Waals surface area contributed by atoms with Crippen LogP contribution in [0.3, 0.4) is 0 Å². The lowest BCUT2D eigenvalue weighted by molar-refractivity contribution is 0.00686. The Morgan fingerprint density at radius 3 is 3.11 bits per heavy atom. The summed E-state index contributed by atoms with van der Waals surface area (Å²) >= 11 is 6.19. The average molecular weight is 272 g/mol. The zero-order chi connectivity index (χ0) is 13.0. The van der Waals surface area contributed by atoms with Gasteiger partial charge in [-0.05, 0) is 32.1 Å². The number of hydrogen-bond donors (Lipinski definition) is 1. The van der Waals surface area contributed by atoms with E-state index in [4.69, 9.17) is 22.1 Å². The Bertz CT molecular complexity index is 374. The van der Waals surface area contributed by atoms with Crippen LogP contribution in [-0.2, 0) is 11.3 Å². The molecule has 1 aliphatic heterocycles. The SMILES string of the molecule is CCCn1ncc(Cl)c1C(N)CC1CCCCO1. The second-order valence-electron chi connectivity index (χ2n) is 4.93. The molecule has 1 saturated heterocycles. The number of halogens is 1. The summed E-state index contributed by atoms with van der Waals surface area (Å²) in [5, 5.41) is 4.96. The fourth-order valence-corrected chi connectivity index (χ4v) is 2.80. The van der Waals surface area contributed by atoms with Crippen molar-refractivity contribution in [1.82, 2.24) is 9.78 Å². The van der Waals surface area contributed by atoms with Gasteiger partial charge in [-0.3, -0.25) is 4.68 Å². The van der Waals surface area contributed by atoms with Crippen LogP contribution in [0.25, 0.3) is 0 Å². The number of hydrogen-bond acceptors (Lipinski definition) is 3. The van der Waals surface area contributed by atoms with Gasteiger partial charge >= 0.3 is 0 Å². The number of rotatable bonds is 5. The van der Waals surface area contributed by atoms with Gasteiger partial charge in [0.05, 0.1) is 29.1 Å². The van der Waals surface area contributed by atoms with E-state index < -0.39 is 0 Å². The Balaban J connectivity index is 2.02. The number of nitrogens with zero attached hydrogens (tertiary/aromatic N) is 2. The van der Waals surface area contributed by atoms with Crippen LogP contribution in [0, 0.1) is 0 Å². The number of nitrogens with two attached hydrogens (primary N) is 1. The minimum atomic E-state index is -0.0883. The van der Waals surface area contributed by atoms with Crippen molar-refractivity contribution in [1.29, 1.82) is 0 Å². The van der Waals surface area contributed by atoms with Gasteiger partial charge in [0, 0.05) is 13.2 Å². The maximum atomic E-state index is 6.28. The molecular formula is C13H22ClN3O. The summed E-state index contributed by atoms with van der Waals surface area (Å²) < 4.78 is 7.66. The van der Waals surface area contributed by atoms with E-state index in [1.54, 1.807) is 6.20 Å². The maximum absolute atomic E-state index is 6.28. The van der Waals surface area contributed by atoms with Crippen LogP contribution in [0.2, 0.25) is 5.02 Å². The van der Waals surface area contributed by atoms with Crippen molar-refractivity contribution in [3.8, 4) is 0 Å². The normalized spacial score (nSPS) is 22.1. The minimum Gasteiger partial charge on any atom is -0.378 e. The standard InChI is InChI=1S/C13H22ClN3O/c1-2-6-17-13(11(14)9-16-17)12(15)8-10-5-3-4-7-18-10/h9-10,12H,2-8,15H2,1H3. The molecule has 1 aromatic rings. The molecule has 18 heavy (non-hydrogen) atoms. The topological polar surface area (TPSA) is 53.1 Å². The van der Waals surface area contributed by atoms with Crippen LogP contribution in [-0.4, -0.2) is 22.5 Å². The molecule has 5 heteroatoms. The van der Waals surface area contributed by atoms with Crippen molar-refractivity contribution in [3.63, 3.8) is 0 Å². The Labute approximate surface area is 113 Å². The Morgan fingerprint density at radius 1 is 1.61 bits per heavy atom. The smallest absolute Gasteiger partial charge is 0.0834 e. The summed E-state index contributed by atoms with van der Waals surface area (Å²) in [5.74, 6) is 0. The quantitative estimate of drug-likeness (QED) is 0.896. The monoisotopic (exact) mass is 271 g/mol. The molecule has 0 aromatic carbocycles. The first kappa shape index (κ1) is 13.8. The molecule has 0 saturated carbocycles. The van der Waals surface area contributed by atoms with E-state index in [2.05, 4.69) is 12.0 Å². The molecule has 2 rings (SSSR count). The second-order valence-corrected chi connectivity index (χ2v) is 5.34. The third-order valence-electron chi connectivity index (χ3n) is 3.41. The van der Waals surface area contributed by atoms with Crippen molar-refractivity contribution in [3.05, 3.63) is 16.9 Å². The summed E-state index contributed by atoms with van der Waals surface area (Å²) in [7, 11) is 0. The molecule has 2 unspecified atom stereocenters. The molecule has 0 bridgehead atoms. The van der Waals surface area contributed by atoms with Crippen molar-refractivity contribution < 1.29 is 4.74 Å². The van der Waals surface area contributed by atoms with Gasteiger partial charge < -0.3 is 10.5 Å². The molecule has 1 fully saturated rings. The number of aryl methyl sites for hydroxylation is 1. The van der Waals surface area contributed by atoms with E-state index in [9.17, 15) is 0 Å². The highest BCUT2D eigenvalue weighted by Gasteiger charge is 2.22. The molecule has 0 radical (unpaired) electrons. The molecule has 4 nitrogen and oxygen atoms in total. The molecule has 1 aromatic heterocycles. The lowest BCUT2D eigenvalue weighted by Crippen LogP contribution is -2.26. The number of ether oxygens (including phenoxy) is 1. The summed E-state index contributed by atoms with van der Waals surface area (Å²) in [5.41, 5.74) is 7.23. The van der Waals surface area contributed by atoms with E-state index in [0.717, 1.165) is 38.1 Å². The van der Waals surface area contributed by atoms with Crippen LogP contribution in [0.4, 0.5) is 0 Å². The highest BCUT2D eigenvalue weighted by Crippen LogP contribution is 2.27. The van der Waals surface area contributed by atoms with Crippen molar-refractivity contribution >= 4 is 11.6 Å². The fourth-order valence-electron chi connectivity index (χ4n) is 2.52. The van der Waals surface area contributed by atoms with E-state index in [1.165, 1.54) is 12.8 Å². The van der Waals surface area contributed by atoms with Gasteiger partial charge in [-0.2, -0.15) is 5.10 Å². The zero-order valence-electron chi connectivity index (χ0n) is 10.9. The molecule has 102 valence electrons. The Hall–Kier alpha value is -0.580. The van der Waals surface area contributed by atoms with E-state index in [1.807, 2.05) is 4.68 Å². The van der Waals surface area contributed by atoms with Crippen LogP contribution in [0.1, 0.15) is 50.8 Å². The van der Waals surface area contributed by atoms with Gasteiger partial charge in [0.2, 0.25) is 0 Å². The summed E-state index contributed by atoms with van der Waals surface area (Å²) in [6.45, 7) is 3.84. The Morgan fingerprint density at radius 2 is 2.44 bits per heavy atom. The highest BCUT2D eigenvalue weighted by atomic mass is 35.5. The number of aromatic nitrogens is 2. The van der Waals surface area contributed by atoms with Gasteiger partial charge in [-0.1, -0.05) is 18.5 Å². The zero-order valence-corrected chi connectivity index (χ0v) is 11.7. The van der Waals surface area contributed by atoms with Crippen molar-refractivity contribution in [2.24, 2.45) is 5.73 Å². The minimum absolute atomic E-state index is 0.0883. The van der Waals surface area contributed by atoms with Crippen LogP contribution in [0.15, 0.2) is 6.20 Å². The van der Waals surface area contributed by atoms with Gasteiger partial charge in [0.15, 0.2) is 0 Å². The molecule has 0 amide bonds. The highest BCUT2D eigenvalue weighted by molar-refractivity contribution is 6.31. The van der Waals surface area contributed by atoms with E-state index >= 15 is 0 Å². The van der Waals surface area contributed by atoms with Gasteiger partial charge in [0.1, 0.15) is 0 Å². The predicted octanol–water partition coefficient (Wildman–Crippen LogP) is 2.91. The molecule has 1 aliphatic rings. The summed E-state index contributed by atoms with van der Waals surface area (Å²) in [6.07, 6.45) is 7.32. The summed E-state index contributed by atoms with van der Waals surface area (Å²) in [4.78, 5) is 0. The molecule has 2 N–H and O–H groups in total. The average Bonchev–Trinajstić information content (AvgIpc) is 2.72. The van der Waals surface area contributed by atoms with Gasteiger partial charge in [0.25, 0.3) is 0 Å². The first-order valence-corrected chi connectivity index (χ1v) is 7.18. The maximum Gasteiger partial charge on any atom is 0.0834 e. The van der Waals surface area contributed by atoms with E-state index in [0.29, 0.717) is 5.02 Å². The van der Waals surface area contributed by atoms with Crippen molar-refractivity contribution in [2.75, 3.05) is 6.61 Å².